The van der Waals surface area contributed by atoms with Crippen molar-refractivity contribution in [3.05, 3.63) is 58.4 Å². The lowest BCUT2D eigenvalue weighted by molar-refractivity contribution is -0.116. The van der Waals surface area contributed by atoms with Gasteiger partial charge in [-0.15, -0.1) is 0 Å². The van der Waals surface area contributed by atoms with Gasteiger partial charge in [-0.1, -0.05) is 24.6 Å². The largest absolute Gasteiger partial charge is 0.351 e. The number of carbonyl (C=O) groups excluding carboxylic acids is 3. The Morgan fingerprint density at radius 1 is 1.04 bits per heavy atom. The summed E-state index contributed by atoms with van der Waals surface area (Å²) in [6, 6.07) is 8.70. The summed E-state index contributed by atoms with van der Waals surface area (Å²) in [5.41, 5.74) is 2.14. The van der Waals surface area contributed by atoms with Crippen molar-refractivity contribution < 1.29 is 18.8 Å². The molecule has 148 valence electrons. The number of halogens is 2. The van der Waals surface area contributed by atoms with Crippen LogP contribution in [0.4, 0.5) is 15.8 Å². The molecular weight excluding hydrogens is 385 g/mol. The molecule has 0 fully saturated rings. The molecule has 0 atom stereocenters. The van der Waals surface area contributed by atoms with E-state index >= 15 is 0 Å². The molecule has 2 rings (SSSR count). The summed E-state index contributed by atoms with van der Waals surface area (Å²) in [5.74, 6) is -1.44. The second kappa shape index (κ2) is 9.85. The molecule has 0 aliphatic rings. The smallest absolute Gasteiger partial charge is 0.252 e. The fraction of sp³-hybridized carbons (Fsp3) is 0.250. The number of hydrogen-bond acceptors (Lipinski definition) is 3. The minimum absolute atomic E-state index is 0.00326. The Hall–Kier alpha value is -2.93. The van der Waals surface area contributed by atoms with Gasteiger partial charge in [0.25, 0.3) is 5.91 Å². The maximum Gasteiger partial charge on any atom is 0.252 e. The van der Waals surface area contributed by atoms with Crippen molar-refractivity contribution >= 4 is 40.7 Å². The van der Waals surface area contributed by atoms with Gasteiger partial charge in [-0.25, -0.2) is 4.39 Å². The fourth-order valence-electron chi connectivity index (χ4n) is 2.35. The van der Waals surface area contributed by atoms with E-state index in [0.717, 1.165) is 17.7 Å². The van der Waals surface area contributed by atoms with E-state index in [9.17, 15) is 18.8 Å². The molecule has 2 aromatic rings. The van der Waals surface area contributed by atoms with Gasteiger partial charge in [0.05, 0.1) is 10.6 Å². The first-order valence-electron chi connectivity index (χ1n) is 8.73. The Labute approximate surface area is 167 Å². The number of rotatable bonds is 7. The van der Waals surface area contributed by atoms with E-state index in [1.165, 1.54) is 6.07 Å². The van der Waals surface area contributed by atoms with Crippen LogP contribution in [0, 0.1) is 12.7 Å². The molecule has 0 radical (unpaired) electrons. The molecular formula is C20H21ClFN3O3. The van der Waals surface area contributed by atoms with Gasteiger partial charge in [-0.2, -0.15) is 0 Å². The third kappa shape index (κ3) is 6.06. The van der Waals surface area contributed by atoms with Gasteiger partial charge < -0.3 is 16.0 Å². The summed E-state index contributed by atoms with van der Waals surface area (Å²) in [4.78, 5) is 35.7. The van der Waals surface area contributed by atoms with Crippen LogP contribution in [0.2, 0.25) is 5.02 Å². The van der Waals surface area contributed by atoms with Gasteiger partial charge in [0.15, 0.2) is 0 Å². The predicted octanol–water partition coefficient (Wildman–Crippen LogP) is 3.89. The zero-order valence-electron chi connectivity index (χ0n) is 15.6. The molecule has 3 amide bonds. The highest BCUT2D eigenvalue weighted by Crippen LogP contribution is 2.21. The van der Waals surface area contributed by atoms with E-state index in [2.05, 4.69) is 16.0 Å². The highest BCUT2D eigenvalue weighted by molar-refractivity contribution is 6.33. The van der Waals surface area contributed by atoms with Crippen molar-refractivity contribution in [2.75, 3.05) is 17.2 Å². The van der Waals surface area contributed by atoms with Gasteiger partial charge in [-0.05, 0) is 42.8 Å². The zero-order chi connectivity index (χ0) is 20.7. The van der Waals surface area contributed by atoms with Crippen molar-refractivity contribution in [3.63, 3.8) is 0 Å². The minimum Gasteiger partial charge on any atom is -0.351 e. The van der Waals surface area contributed by atoms with Gasteiger partial charge in [0.1, 0.15) is 5.82 Å². The van der Waals surface area contributed by atoms with Crippen molar-refractivity contribution in [2.45, 2.75) is 26.7 Å². The second-order valence-corrected chi connectivity index (χ2v) is 6.52. The van der Waals surface area contributed by atoms with E-state index in [4.69, 9.17) is 11.6 Å². The standard InChI is InChI=1S/C20H21ClFN3O3/c1-3-18(26)24-14-6-4-12(2)17(11-14)25-19(27)8-9-23-20(28)15-7-5-13(22)10-16(15)21/h4-7,10-11H,3,8-9H2,1-2H3,(H,23,28)(H,24,26)(H,25,27). The molecule has 6 nitrogen and oxygen atoms in total. The number of nitrogens with one attached hydrogen (secondary N) is 3. The predicted molar refractivity (Wildman–Crippen MR) is 107 cm³/mol. The third-order valence-electron chi connectivity index (χ3n) is 3.93. The topological polar surface area (TPSA) is 87.3 Å². The van der Waals surface area contributed by atoms with Crippen LogP contribution in [0.15, 0.2) is 36.4 Å². The molecule has 28 heavy (non-hydrogen) atoms. The molecule has 0 heterocycles. The van der Waals surface area contributed by atoms with E-state index in [-0.39, 0.29) is 35.4 Å². The van der Waals surface area contributed by atoms with Crippen molar-refractivity contribution in [2.24, 2.45) is 0 Å². The maximum absolute atomic E-state index is 13.0. The van der Waals surface area contributed by atoms with Crippen molar-refractivity contribution in [1.29, 1.82) is 0 Å². The van der Waals surface area contributed by atoms with Crippen LogP contribution in [0.25, 0.3) is 0 Å². The summed E-state index contributed by atoms with van der Waals surface area (Å²) in [6.07, 6.45) is 0.392. The van der Waals surface area contributed by atoms with Gasteiger partial charge >= 0.3 is 0 Å². The summed E-state index contributed by atoms with van der Waals surface area (Å²) in [6.45, 7) is 3.67. The van der Waals surface area contributed by atoms with E-state index in [1.807, 2.05) is 6.92 Å². The summed E-state index contributed by atoms with van der Waals surface area (Å²) < 4.78 is 13.0. The van der Waals surface area contributed by atoms with Crippen LogP contribution in [-0.2, 0) is 9.59 Å². The number of carbonyl (C=O) groups is 3. The highest BCUT2D eigenvalue weighted by atomic mass is 35.5. The number of anilines is 2. The second-order valence-electron chi connectivity index (χ2n) is 6.11. The summed E-state index contributed by atoms with van der Waals surface area (Å²) in [7, 11) is 0. The number of aryl methyl sites for hydroxylation is 1. The quantitative estimate of drug-likeness (QED) is 0.653. The van der Waals surface area contributed by atoms with Crippen LogP contribution in [0.3, 0.4) is 0 Å². The Morgan fingerprint density at radius 2 is 1.79 bits per heavy atom. The van der Waals surface area contributed by atoms with Gasteiger partial charge in [0, 0.05) is 30.8 Å². The van der Waals surface area contributed by atoms with Crippen LogP contribution in [-0.4, -0.2) is 24.3 Å². The summed E-state index contributed by atoms with van der Waals surface area (Å²) in [5, 5.41) is 8.06. The van der Waals surface area contributed by atoms with Crippen LogP contribution in [0.1, 0.15) is 35.7 Å². The zero-order valence-corrected chi connectivity index (χ0v) is 16.3. The lowest BCUT2D eigenvalue weighted by Crippen LogP contribution is -2.28. The molecule has 0 unspecified atom stereocenters. The molecule has 0 aliphatic carbocycles. The minimum atomic E-state index is -0.534. The van der Waals surface area contributed by atoms with E-state index < -0.39 is 11.7 Å². The first kappa shape index (κ1) is 21.4. The molecule has 2 aromatic carbocycles. The lowest BCUT2D eigenvalue weighted by atomic mass is 10.1. The molecule has 0 saturated carbocycles. The normalized spacial score (nSPS) is 10.3. The fourth-order valence-corrected chi connectivity index (χ4v) is 2.61. The van der Waals surface area contributed by atoms with Crippen LogP contribution < -0.4 is 16.0 Å². The highest BCUT2D eigenvalue weighted by Gasteiger charge is 2.12. The SMILES string of the molecule is CCC(=O)Nc1ccc(C)c(NC(=O)CCNC(=O)c2ccc(F)cc2Cl)c1. The molecule has 0 aliphatic heterocycles. The van der Waals surface area contributed by atoms with Crippen LogP contribution >= 0.6 is 11.6 Å². The maximum atomic E-state index is 13.0. The van der Waals surface area contributed by atoms with E-state index in [1.54, 1.807) is 25.1 Å². The number of hydrogen-bond donors (Lipinski definition) is 3. The molecule has 8 heteroatoms. The van der Waals surface area contributed by atoms with Gasteiger partial charge in [-0.3, -0.25) is 14.4 Å². The Kier molecular flexibility index (Phi) is 7.52. The Bertz CT molecular complexity index is 902. The summed E-state index contributed by atoms with van der Waals surface area (Å²) >= 11 is 5.84. The number of amides is 3. The Morgan fingerprint density at radius 3 is 2.46 bits per heavy atom. The molecule has 0 spiro atoms. The monoisotopic (exact) mass is 405 g/mol. The first-order chi connectivity index (χ1) is 13.3. The number of benzene rings is 2. The average Bonchev–Trinajstić information content (AvgIpc) is 2.64. The van der Waals surface area contributed by atoms with Gasteiger partial charge in [0.2, 0.25) is 11.8 Å². The van der Waals surface area contributed by atoms with Crippen LogP contribution in [0.5, 0.6) is 0 Å². The van der Waals surface area contributed by atoms with Crippen molar-refractivity contribution in [3.8, 4) is 0 Å². The molecule has 0 saturated heterocycles. The Balaban J connectivity index is 1.89. The molecule has 0 aromatic heterocycles. The average molecular weight is 406 g/mol. The van der Waals surface area contributed by atoms with Crippen molar-refractivity contribution in [1.82, 2.24) is 5.32 Å². The first-order valence-corrected chi connectivity index (χ1v) is 9.11. The molecule has 3 N–H and O–H groups in total. The lowest BCUT2D eigenvalue weighted by Gasteiger charge is -2.12. The van der Waals surface area contributed by atoms with E-state index in [0.29, 0.717) is 17.8 Å². The third-order valence-corrected chi connectivity index (χ3v) is 4.24. The molecule has 0 bridgehead atoms.